The molecule has 3 N–H and O–H groups in total. The number of hydrogen-bond acceptors (Lipinski definition) is 4. The Bertz CT molecular complexity index is 459. The summed E-state index contributed by atoms with van der Waals surface area (Å²) in [6.07, 6.45) is 3.46. The summed E-state index contributed by atoms with van der Waals surface area (Å²) in [7, 11) is 0. The third kappa shape index (κ3) is 2.38. The Morgan fingerprint density at radius 2 is 2.30 bits per heavy atom. The molecule has 3 fully saturated rings. The van der Waals surface area contributed by atoms with Gasteiger partial charge in [0.2, 0.25) is 11.8 Å². The van der Waals surface area contributed by atoms with Gasteiger partial charge in [-0.15, -0.1) is 0 Å². The van der Waals surface area contributed by atoms with Crippen molar-refractivity contribution in [3.8, 4) is 6.07 Å². The van der Waals surface area contributed by atoms with Crippen molar-refractivity contribution in [1.29, 1.82) is 5.26 Å². The fraction of sp³-hybridized carbons (Fsp3) is 0.786. The van der Waals surface area contributed by atoms with Crippen molar-refractivity contribution in [2.24, 2.45) is 17.8 Å². The second-order valence-electron chi connectivity index (χ2n) is 6.09. The standard InChI is InChI=1S/C14H20N4O2/c15-6-10(5-8-3-4-16-13(8)19)18-14(20)12-11-2-1-9(11)7-17-12/h8-12,17H,1-5,7H2,(H,16,19)(H,18,20)/t8-,9-,10-,11-,12?/m0/s1. The number of fused-ring (bicyclic) bond motifs is 1. The molecule has 0 aromatic heterocycles. The third-order valence-electron chi connectivity index (χ3n) is 4.94. The topological polar surface area (TPSA) is 94.0 Å². The minimum absolute atomic E-state index is 0.00227. The van der Waals surface area contributed by atoms with Gasteiger partial charge in [-0.05, 0) is 44.1 Å². The average Bonchev–Trinajstić information content (AvgIpc) is 2.92. The van der Waals surface area contributed by atoms with Gasteiger partial charge in [-0.1, -0.05) is 0 Å². The lowest BCUT2D eigenvalue weighted by molar-refractivity contribution is -0.126. The van der Waals surface area contributed by atoms with Crippen molar-refractivity contribution < 1.29 is 9.59 Å². The normalized spacial score (nSPS) is 36.5. The van der Waals surface area contributed by atoms with Gasteiger partial charge in [0, 0.05) is 12.5 Å². The molecular formula is C14H20N4O2. The van der Waals surface area contributed by atoms with Crippen LogP contribution >= 0.6 is 0 Å². The minimum Gasteiger partial charge on any atom is -0.356 e. The lowest BCUT2D eigenvalue weighted by Gasteiger charge is -2.32. The lowest BCUT2D eigenvalue weighted by atomic mass is 9.73. The molecule has 2 saturated heterocycles. The van der Waals surface area contributed by atoms with E-state index in [2.05, 4.69) is 22.0 Å². The van der Waals surface area contributed by atoms with E-state index in [1.807, 2.05) is 0 Å². The molecule has 20 heavy (non-hydrogen) atoms. The van der Waals surface area contributed by atoms with Crippen molar-refractivity contribution in [2.75, 3.05) is 13.1 Å². The molecule has 1 saturated carbocycles. The number of nitrogens with zero attached hydrogens (tertiary/aromatic N) is 1. The van der Waals surface area contributed by atoms with Gasteiger partial charge < -0.3 is 16.0 Å². The van der Waals surface area contributed by atoms with Gasteiger partial charge in [-0.3, -0.25) is 9.59 Å². The molecule has 1 unspecified atom stereocenters. The molecule has 3 aliphatic rings. The van der Waals surface area contributed by atoms with E-state index in [9.17, 15) is 14.9 Å². The molecule has 5 atom stereocenters. The molecule has 0 bridgehead atoms. The first-order chi connectivity index (χ1) is 9.69. The van der Waals surface area contributed by atoms with Gasteiger partial charge in [0.05, 0.1) is 12.1 Å². The van der Waals surface area contributed by atoms with Crippen LogP contribution in [0.2, 0.25) is 0 Å². The highest BCUT2D eigenvalue weighted by atomic mass is 16.2. The largest absolute Gasteiger partial charge is 0.356 e. The zero-order valence-electron chi connectivity index (χ0n) is 11.4. The summed E-state index contributed by atoms with van der Waals surface area (Å²) in [5, 5.41) is 18.0. The molecule has 3 rings (SSSR count). The van der Waals surface area contributed by atoms with Crippen LogP contribution < -0.4 is 16.0 Å². The van der Waals surface area contributed by atoms with E-state index >= 15 is 0 Å². The van der Waals surface area contributed by atoms with Crippen molar-refractivity contribution in [3.63, 3.8) is 0 Å². The second-order valence-corrected chi connectivity index (χ2v) is 6.09. The summed E-state index contributed by atoms with van der Waals surface area (Å²) >= 11 is 0. The molecule has 6 nitrogen and oxygen atoms in total. The number of carbonyl (C=O) groups is 2. The quantitative estimate of drug-likeness (QED) is 0.646. The number of nitrogens with one attached hydrogen (secondary N) is 3. The smallest absolute Gasteiger partial charge is 0.238 e. The molecule has 2 amide bonds. The van der Waals surface area contributed by atoms with Crippen LogP contribution in [0.3, 0.4) is 0 Å². The number of amides is 2. The zero-order valence-corrected chi connectivity index (χ0v) is 11.4. The summed E-state index contributed by atoms with van der Waals surface area (Å²) in [6, 6.07) is 1.39. The molecule has 1 aliphatic carbocycles. The van der Waals surface area contributed by atoms with Crippen molar-refractivity contribution in [2.45, 2.75) is 37.8 Å². The van der Waals surface area contributed by atoms with Crippen LogP contribution in [0.15, 0.2) is 0 Å². The molecular weight excluding hydrogens is 256 g/mol. The maximum Gasteiger partial charge on any atom is 0.238 e. The Labute approximate surface area is 118 Å². The lowest BCUT2D eigenvalue weighted by Crippen LogP contribution is -2.49. The number of carbonyl (C=O) groups excluding carboxylic acids is 2. The van der Waals surface area contributed by atoms with Gasteiger partial charge in [0.1, 0.15) is 6.04 Å². The first-order valence-electron chi connectivity index (χ1n) is 7.40. The summed E-state index contributed by atoms with van der Waals surface area (Å²) in [5.41, 5.74) is 0. The monoisotopic (exact) mass is 276 g/mol. The Morgan fingerprint density at radius 3 is 2.85 bits per heavy atom. The van der Waals surface area contributed by atoms with Crippen LogP contribution in [-0.2, 0) is 9.59 Å². The average molecular weight is 276 g/mol. The highest BCUT2D eigenvalue weighted by Crippen LogP contribution is 2.40. The Morgan fingerprint density at radius 1 is 1.45 bits per heavy atom. The van der Waals surface area contributed by atoms with Gasteiger partial charge in [-0.2, -0.15) is 5.26 Å². The highest BCUT2D eigenvalue weighted by molar-refractivity contribution is 5.84. The molecule has 108 valence electrons. The Hall–Kier alpha value is -1.61. The summed E-state index contributed by atoms with van der Waals surface area (Å²) in [4.78, 5) is 23.8. The summed E-state index contributed by atoms with van der Waals surface area (Å²) in [5.74, 6) is 0.837. The van der Waals surface area contributed by atoms with Gasteiger partial charge >= 0.3 is 0 Å². The first kappa shape index (κ1) is 13.4. The number of nitriles is 1. The highest BCUT2D eigenvalue weighted by Gasteiger charge is 2.45. The molecule has 0 radical (unpaired) electrons. The minimum atomic E-state index is -0.572. The van der Waals surface area contributed by atoms with Crippen molar-refractivity contribution in [1.82, 2.24) is 16.0 Å². The fourth-order valence-electron chi connectivity index (χ4n) is 3.56. The van der Waals surface area contributed by atoms with Crippen LogP contribution in [0.1, 0.15) is 25.7 Å². The summed E-state index contributed by atoms with van der Waals surface area (Å²) < 4.78 is 0. The molecule has 0 aromatic rings. The zero-order chi connectivity index (χ0) is 14.1. The molecule has 6 heteroatoms. The van der Waals surface area contributed by atoms with E-state index in [1.165, 1.54) is 6.42 Å². The van der Waals surface area contributed by atoms with Crippen LogP contribution in [-0.4, -0.2) is 37.0 Å². The van der Waals surface area contributed by atoms with Crippen LogP contribution in [0.25, 0.3) is 0 Å². The van der Waals surface area contributed by atoms with Crippen LogP contribution in [0, 0.1) is 29.1 Å². The van der Waals surface area contributed by atoms with Gasteiger partial charge in [0.25, 0.3) is 0 Å². The Balaban J connectivity index is 1.53. The molecule has 2 heterocycles. The molecule has 2 aliphatic heterocycles. The maximum absolute atomic E-state index is 12.2. The van der Waals surface area contributed by atoms with Crippen LogP contribution in [0.4, 0.5) is 0 Å². The number of hydrogen-bond donors (Lipinski definition) is 3. The van der Waals surface area contributed by atoms with Crippen molar-refractivity contribution >= 4 is 11.8 Å². The predicted molar refractivity (Wildman–Crippen MR) is 71.3 cm³/mol. The maximum atomic E-state index is 12.2. The molecule has 0 aromatic carbocycles. The molecule has 0 spiro atoms. The van der Waals surface area contributed by atoms with Gasteiger partial charge in [0.15, 0.2) is 0 Å². The van der Waals surface area contributed by atoms with Crippen LogP contribution in [0.5, 0.6) is 0 Å². The fourth-order valence-corrected chi connectivity index (χ4v) is 3.56. The van der Waals surface area contributed by atoms with Gasteiger partial charge in [-0.25, -0.2) is 0 Å². The summed E-state index contributed by atoms with van der Waals surface area (Å²) in [6.45, 7) is 1.58. The first-order valence-corrected chi connectivity index (χ1v) is 7.40. The van der Waals surface area contributed by atoms with E-state index in [0.29, 0.717) is 24.8 Å². The second kappa shape index (κ2) is 5.41. The third-order valence-corrected chi connectivity index (χ3v) is 4.94. The predicted octanol–water partition coefficient (Wildman–Crippen LogP) is -0.481. The van der Waals surface area contributed by atoms with E-state index < -0.39 is 6.04 Å². The van der Waals surface area contributed by atoms with E-state index in [-0.39, 0.29) is 23.8 Å². The Kier molecular flexibility index (Phi) is 3.62. The number of rotatable bonds is 4. The van der Waals surface area contributed by atoms with Crippen molar-refractivity contribution in [3.05, 3.63) is 0 Å². The van der Waals surface area contributed by atoms with E-state index in [1.54, 1.807) is 0 Å². The van der Waals surface area contributed by atoms with E-state index in [4.69, 9.17) is 0 Å². The van der Waals surface area contributed by atoms with E-state index in [0.717, 1.165) is 19.4 Å². The SMILES string of the molecule is N#C[C@H](C[C@@H]1CCNC1=O)NC(=O)C1NC[C@@H]2CC[C@H]12.